The topological polar surface area (TPSA) is 72.5 Å². The van der Waals surface area contributed by atoms with Gasteiger partial charge in [-0.3, -0.25) is 14.4 Å². The number of nitrogens with one attached hydrogen (secondary N) is 1. The van der Waals surface area contributed by atoms with Crippen molar-refractivity contribution < 1.29 is 19.1 Å². The van der Waals surface area contributed by atoms with Gasteiger partial charge in [-0.2, -0.15) is 0 Å². The Morgan fingerprint density at radius 1 is 0.914 bits per heavy atom. The summed E-state index contributed by atoms with van der Waals surface area (Å²) in [5.41, 5.74) is 0. The minimum Gasteiger partial charge on any atom is -0.461 e. The van der Waals surface area contributed by atoms with Crippen LogP contribution in [0.5, 0.6) is 0 Å². The van der Waals surface area contributed by atoms with Crippen molar-refractivity contribution in [1.82, 2.24) is 5.32 Å². The molecule has 0 radical (unpaired) electrons. The molecule has 4 unspecified atom stereocenters. The molecule has 204 valence electrons. The van der Waals surface area contributed by atoms with Crippen LogP contribution in [0.1, 0.15) is 143 Å². The van der Waals surface area contributed by atoms with Crippen molar-refractivity contribution in [2.24, 2.45) is 17.8 Å². The second kappa shape index (κ2) is 19.8. The number of ether oxygens (including phenoxy) is 1. The molecule has 0 aliphatic carbocycles. The normalized spacial score (nSPS) is 19.2. The van der Waals surface area contributed by atoms with Crippen molar-refractivity contribution in [3.63, 3.8) is 0 Å². The van der Waals surface area contributed by atoms with E-state index in [9.17, 15) is 14.4 Å². The quantitative estimate of drug-likeness (QED) is 0.0856. The fourth-order valence-corrected chi connectivity index (χ4v) is 5.35. The smallest absolute Gasteiger partial charge is 0.313 e. The van der Waals surface area contributed by atoms with Crippen LogP contribution in [0.3, 0.4) is 0 Å². The van der Waals surface area contributed by atoms with E-state index in [0.717, 1.165) is 32.1 Å². The number of ketones is 1. The second-order valence-corrected chi connectivity index (χ2v) is 11.3. The zero-order chi connectivity index (χ0) is 25.9. The first-order valence-electron chi connectivity index (χ1n) is 14.9. The van der Waals surface area contributed by atoms with E-state index in [0.29, 0.717) is 25.2 Å². The molecule has 4 atom stereocenters. The van der Waals surface area contributed by atoms with Gasteiger partial charge in [0.05, 0.1) is 12.0 Å². The van der Waals surface area contributed by atoms with Crippen LogP contribution in [-0.2, 0) is 19.1 Å². The van der Waals surface area contributed by atoms with Gasteiger partial charge in [-0.05, 0) is 37.5 Å². The van der Waals surface area contributed by atoms with Crippen LogP contribution in [0.25, 0.3) is 0 Å². The predicted molar refractivity (Wildman–Crippen MR) is 144 cm³/mol. The van der Waals surface area contributed by atoms with Crippen molar-refractivity contribution in [3.8, 4) is 0 Å². The van der Waals surface area contributed by atoms with Gasteiger partial charge in [0.1, 0.15) is 6.10 Å². The molecule has 0 bridgehead atoms. The van der Waals surface area contributed by atoms with Crippen molar-refractivity contribution in [2.45, 2.75) is 155 Å². The average molecular weight is 494 g/mol. The Balaban J connectivity index is 2.58. The zero-order valence-electron chi connectivity index (χ0n) is 23.3. The van der Waals surface area contributed by atoms with Gasteiger partial charge in [0, 0.05) is 6.42 Å². The number of carbonyl (C=O) groups excluding carboxylic acids is 3. The Hall–Kier alpha value is -1.39. The van der Waals surface area contributed by atoms with Crippen LogP contribution in [0, 0.1) is 17.8 Å². The molecule has 1 amide bonds. The number of hydrogen-bond donors (Lipinski definition) is 1. The highest BCUT2D eigenvalue weighted by Crippen LogP contribution is 2.35. The molecule has 5 nitrogen and oxygen atoms in total. The summed E-state index contributed by atoms with van der Waals surface area (Å²) in [7, 11) is 0. The number of esters is 1. The summed E-state index contributed by atoms with van der Waals surface area (Å²) < 4.78 is 5.56. The van der Waals surface area contributed by atoms with E-state index in [2.05, 4.69) is 33.0 Å². The zero-order valence-corrected chi connectivity index (χ0v) is 23.3. The van der Waals surface area contributed by atoms with Crippen LogP contribution >= 0.6 is 0 Å². The van der Waals surface area contributed by atoms with Gasteiger partial charge in [0.15, 0.2) is 5.78 Å². The fourth-order valence-electron chi connectivity index (χ4n) is 5.35. The highest BCUT2D eigenvalue weighted by Gasteiger charge is 2.42. The van der Waals surface area contributed by atoms with E-state index in [1.807, 2.05) is 0 Å². The monoisotopic (exact) mass is 493 g/mol. The highest BCUT2D eigenvalue weighted by molar-refractivity contribution is 5.86. The highest BCUT2D eigenvalue weighted by atomic mass is 16.6. The van der Waals surface area contributed by atoms with Crippen LogP contribution < -0.4 is 5.32 Å². The predicted octanol–water partition coefficient (Wildman–Crippen LogP) is 7.55. The van der Waals surface area contributed by atoms with Crippen LogP contribution in [0.15, 0.2) is 0 Å². The number of hydrogen-bond acceptors (Lipinski definition) is 4. The van der Waals surface area contributed by atoms with Gasteiger partial charge in [0.25, 0.3) is 0 Å². The maximum Gasteiger partial charge on any atom is 0.313 e. The van der Waals surface area contributed by atoms with Crippen molar-refractivity contribution in [1.29, 1.82) is 0 Å². The van der Waals surface area contributed by atoms with E-state index in [1.165, 1.54) is 70.6 Å². The van der Waals surface area contributed by atoms with Gasteiger partial charge < -0.3 is 10.1 Å². The molecule has 0 spiro atoms. The molecule has 1 aliphatic rings. The molecule has 0 aromatic carbocycles. The number of amides is 1. The molecule has 0 aromatic heterocycles. The number of carbonyl (C=O) groups is 3. The molecule has 1 aliphatic heterocycles. The molecule has 1 fully saturated rings. The van der Waals surface area contributed by atoms with Crippen molar-refractivity contribution in [3.05, 3.63) is 0 Å². The number of unbranched alkanes of at least 4 members (excludes halogenated alkanes) is 11. The summed E-state index contributed by atoms with van der Waals surface area (Å²) in [5, 5.41) is 2.75. The van der Waals surface area contributed by atoms with Crippen LogP contribution in [0.2, 0.25) is 0 Å². The third-order valence-electron chi connectivity index (χ3n) is 7.52. The third-order valence-corrected chi connectivity index (χ3v) is 7.52. The molecular weight excluding hydrogens is 438 g/mol. The number of cyclic esters (lactones) is 1. The van der Waals surface area contributed by atoms with E-state index in [-0.39, 0.29) is 29.7 Å². The standard InChI is InChI=1S/C30H55NO4/c1-5-7-9-11-12-13-14-15-16-18-25(21-28(33)27(31-23-32)20-24(3)4)22-29-26(30(34)35-29)19-17-10-8-6-2/h23-27,29H,5-22H2,1-4H3,(H,31,32). The van der Waals surface area contributed by atoms with Crippen LogP contribution in [-0.4, -0.2) is 30.3 Å². The van der Waals surface area contributed by atoms with Gasteiger partial charge in [-0.15, -0.1) is 0 Å². The van der Waals surface area contributed by atoms with Crippen LogP contribution in [0.4, 0.5) is 0 Å². The summed E-state index contributed by atoms with van der Waals surface area (Å²) in [6.07, 6.45) is 20.6. The van der Waals surface area contributed by atoms with Crippen molar-refractivity contribution in [2.75, 3.05) is 0 Å². The van der Waals surface area contributed by atoms with Crippen molar-refractivity contribution >= 4 is 18.2 Å². The maximum absolute atomic E-state index is 13.1. The van der Waals surface area contributed by atoms with Gasteiger partial charge in [-0.1, -0.05) is 111 Å². The Morgan fingerprint density at radius 2 is 1.49 bits per heavy atom. The number of Topliss-reactive ketones (excluding diaryl/α,β-unsaturated/α-hetero) is 1. The lowest BCUT2D eigenvalue weighted by molar-refractivity contribution is -0.187. The van der Waals surface area contributed by atoms with E-state index in [1.54, 1.807) is 0 Å². The number of rotatable bonds is 24. The second-order valence-electron chi connectivity index (χ2n) is 11.3. The summed E-state index contributed by atoms with van der Waals surface area (Å²) >= 11 is 0. The lowest BCUT2D eigenvalue weighted by Gasteiger charge is -2.37. The molecular formula is C30H55NO4. The summed E-state index contributed by atoms with van der Waals surface area (Å²) in [5.74, 6) is 0.627. The SMILES string of the molecule is CCCCCCCCCCCC(CC(=O)C(CC(C)C)NC=O)CC1OC(=O)C1CCCCCC. The minimum absolute atomic E-state index is 0.00661. The fraction of sp³-hybridized carbons (Fsp3) is 0.900. The van der Waals surface area contributed by atoms with E-state index in [4.69, 9.17) is 4.74 Å². The van der Waals surface area contributed by atoms with Gasteiger partial charge in [0.2, 0.25) is 6.41 Å². The molecule has 1 saturated heterocycles. The van der Waals surface area contributed by atoms with Gasteiger partial charge >= 0.3 is 5.97 Å². The Bertz CT molecular complexity index is 577. The molecule has 0 aromatic rings. The maximum atomic E-state index is 13.1. The minimum atomic E-state index is -0.410. The van der Waals surface area contributed by atoms with E-state index < -0.39 is 6.04 Å². The molecule has 35 heavy (non-hydrogen) atoms. The largest absolute Gasteiger partial charge is 0.461 e. The Morgan fingerprint density at radius 3 is 2.03 bits per heavy atom. The summed E-state index contributed by atoms with van der Waals surface area (Å²) in [6.45, 7) is 8.59. The average Bonchev–Trinajstić information content (AvgIpc) is 2.81. The summed E-state index contributed by atoms with van der Waals surface area (Å²) in [4.78, 5) is 36.3. The molecule has 1 N–H and O–H groups in total. The third kappa shape index (κ3) is 14.1. The molecule has 0 saturated carbocycles. The van der Waals surface area contributed by atoms with Gasteiger partial charge in [-0.25, -0.2) is 0 Å². The molecule has 1 heterocycles. The molecule has 5 heteroatoms. The lowest BCUT2D eigenvalue weighted by Crippen LogP contribution is -2.46. The first kappa shape index (κ1) is 31.6. The Labute approximate surface area is 215 Å². The molecule has 1 rings (SSSR count). The summed E-state index contributed by atoms with van der Waals surface area (Å²) in [6, 6.07) is -0.410. The first-order valence-corrected chi connectivity index (χ1v) is 14.9. The lowest BCUT2D eigenvalue weighted by atomic mass is 9.80. The van der Waals surface area contributed by atoms with E-state index >= 15 is 0 Å². The first-order chi connectivity index (χ1) is 16.9. The Kier molecular flexibility index (Phi) is 17.9.